The van der Waals surface area contributed by atoms with Crippen molar-refractivity contribution in [1.82, 2.24) is 24.8 Å². The van der Waals surface area contributed by atoms with Crippen molar-refractivity contribution in [2.75, 3.05) is 27.3 Å². The topological polar surface area (TPSA) is 125 Å². The fourth-order valence-electron chi connectivity index (χ4n) is 7.92. The van der Waals surface area contributed by atoms with E-state index in [-0.39, 0.29) is 37.6 Å². The maximum Gasteiger partial charge on any atom is 0.310 e. The maximum absolute atomic E-state index is 14.9. The molecule has 1 aliphatic carbocycles. The van der Waals surface area contributed by atoms with Gasteiger partial charge in [0.25, 0.3) is 5.91 Å². The predicted molar refractivity (Wildman–Crippen MR) is 195 cm³/mol. The number of carbonyl (C=O) groups excluding carboxylic acids is 3. The summed E-state index contributed by atoms with van der Waals surface area (Å²) in [5.74, 6) is 0.155. The van der Waals surface area contributed by atoms with E-state index in [2.05, 4.69) is 16.4 Å². The molecule has 0 spiro atoms. The molecule has 0 unspecified atom stereocenters. The SMILES string of the molecule is COc1ccc(COC(=O)[C@H]2CCCC[C@H]2C(=O)N2CCc3cccc(OCc4cn(C(C)C)nn4)c3[C@H]2CN2Cc3ccccc3C2=O)c(OC)c1. The lowest BCUT2D eigenvalue weighted by Gasteiger charge is -2.43. The highest BCUT2D eigenvalue weighted by Gasteiger charge is 2.44. The molecule has 0 saturated heterocycles. The lowest BCUT2D eigenvalue weighted by atomic mass is 9.77. The minimum Gasteiger partial charge on any atom is -0.497 e. The van der Waals surface area contributed by atoms with E-state index in [0.717, 1.165) is 29.5 Å². The van der Waals surface area contributed by atoms with Gasteiger partial charge in [0.05, 0.1) is 38.3 Å². The van der Waals surface area contributed by atoms with E-state index in [1.165, 1.54) is 0 Å². The van der Waals surface area contributed by atoms with Crippen LogP contribution in [0.1, 0.15) is 89.9 Å². The van der Waals surface area contributed by atoms with Crippen LogP contribution in [-0.2, 0) is 40.5 Å². The Kier molecular flexibility index (Phi) is 10.7. The first-order chi connectivity index (χ1) is 25.7. The number of rotatable bonds is 12. The summed E-state index contributed by atoms with van der Waals surface area (Å²) in [4.78, 5) is 46.1. The molecule has 1 fully saturated rings. The van der Waals surface area contributed by atoms with Crippen LogP contribution in [0.3, 0.4) is 0 Å². The Labute approximate surface area is 310 Å². The number of ether oxygens (including phenoxy) is 4. The van der Waals surface area contributed by atoms with E-state index < -0.39 is 23.8 Å². The Bertz CT molecular complexity index is 1980. The first kappa shape index (κ1) is 36.0. The largest absolute Gasteiger partial charge is 0.497 e. The van der Waals surface area contributed by atoms with Crippen molar-refractivity contribution in [2.45, 2.75) is 77.8 Å². The molecular weight excluding hydrogens is 674 g/mol. The van der Waals surface area contributed by atoms with Gasteiger partial charge < -0.3 is 28.7 Å². The summed E-state index contributed by atoms with van der Waals surface area (Å²) in [6, 6.07) is 18.6. The number of hydrogen-bond donors (Lipinski definition) is 0. The van der Waals surface area contributed by atoms with Crippen LogP contribution in [-0.4, -0.2) is 69.9 Å². The Hall–Kier alpha value is -5.39. The van der Waals surface area contributed by atoms with E-state index in [4.69, 9.17) is 18.9 Å². The minimum absolute atomic E-state index is 0.0202. The fourth-order valence-corrected chi connectivity index (χ4v) is 7.92. The Balaban J connectivity index is 1.16. The zero-order valence-electron chi connectivity index (χ0n) is 30.8. The lowest BCUT2D eigenvalue weighted by Crippen LogP contribution is -2.50. The van der Waals surface area contributed by atoms with Crippen LogP contribution in [0, 0.1) is 11.8 Å². The van der Waals surface area contributed by atoms with Crippen molar-refractivity contribution in [3.8, 4) is 17.2 Å². The summed E-state index contributed by atoms with van der Waals surface area (Å²) in [5, 5.41) is 8.52. The molecule has 0 radical (unpaired) electrons. The highest BCUT2D eigenvalue weighted by atomic mass is 16.5. The summed E-state index contributed by atoms with van der Waals surface area (Å²) in [7, 11) is 3.14. The number of benzene rings is 3. The van der Waals surface area contributed by atoms with E-state index in [0.29, 0.717) is 66.4 Å². The first-order valence-corrected chi connectivity index (χ1v) is 18.5. The van der Waals surface area contributed by atoms with Crippen LogP contribution in [0.2, 0.25) is 0 Å². The third kappa shape index (κ3) is 7.45. The molecular formula is C41H47N5O7. The van der Waals surface area contributed by atoms with Crippen molar-refractivity contribution in [3.05, 3.63) is 100 Å². The summed E-state index contributed by atoms with van der Waals surface area (Å²) in [6.07, 6.45) is 5.31. The van der Waals surface area contributed by atoms with Crippen LogP contribution < -0.4 is 14.2 Å². The van der Waals surface area contributed by atoms with Crippen LogP contribution in [0.15, 0.2) is 66.9 Å². The molecule has 1 aromatic heterocycles. The maximum atomic E-state index is 14.9. The summed E-state index contributed by atoms with van der Waals surface area (Å²) < 4.78 is 25.0. The Morgan fingerprint density at radius 2 is 1.70 bits per heavy atom. The van der Waals surface area contributed by atoms with Crippen LogP contribution in [0.25, 0.3) is 0 Å². The molecule has 3 atom stereocenters. The van der Waals surface area contributed by atoms with Crippen molar-refractivity contribution >= 4 is 17.8 Å². The summed E-state index contributed by atoms with van der Waals surface area (Å²) in [5.41, 5.74) is 5.00. The number of amides is 2. The number of esters is 1. The van der Waals surface area contributed by atoms with E-state index in [1.807, 2.05) is 72.3 Å². The van der Waals surface area contributed by atoms with Gasteiger partial charge in [-0.25, -0.2) is 4.68 Å². The molecule has 7 rings (SSSR count). The van der Waals surface area contributed by atoms with Gasteiger partial charge in [0.1, 0.15) is 36.2 Å². The zero-order chi connectivity index (χ0) is 37.1. The van der Waals surface area contributed by atoms with Gasteiger partial charge in [-0.2, -0.15) is 0 Å². The van der Waals surface area contributed by atoms with Gasteiger partial charge in [-0.15, -0.1) is 5.10 Å². The molecule has 12 nitrogen and oxygen atoms in total. The fraction of sp³-hybridized carbons (Fsp3) is 0.439. The third-order valence-corrected chi connectivity index (χ3v) is 10.8. The number of hydrogen-bond acceptors (Lipinski definition) is 9. The molecule has 2 amide bonds. The number of fused-ring (bicyclic) bond motifs is 2. The van der Waals surface area contributed by atoms with Crippen LogP contribution in [0.4, 0.5) is 0 Å². The lowest BCUT2D eigenvalue weighted by molar-refractivity contribution is -0.159. The molecule has 0 bridgehead atoms. The van der Waals surface area contributed by atoms with Gasteiger partial charge in [-0.3, -0.25) is 14.4 Å². The van der Waals surface area contributed by atoms with Gasteiger partial charge >= 0.3 is 5.97 Å². The molecule has 1 saturated carbocycles. The molecule has 0 N–H and O–H groups in total. The van der Waals surface area contributed by atoms with Gasteiger partial charge in [-0.1, -0.05) is 48.4 Å². The quantitative estimate of drug-likeness (QED) is 0.160. The molecule has 3 aliphatic rings. The average Bonchev–Trinajstić information content (AvgIpc) is 3.80. The van der Waals surface area contributed by atoms with Crippen LogP contribution >= 0.6 is 0 Å². The van der Waals surface area contributed by atoms with Crippen molar-refractivity contribution in [2.24, 2.45) is 11.8 Å². The highest BCUT2D eigenvalue weighted by molar-refractivity contribution is 5.98. The van der Waals surface area contributed by atoms with Gasteiger partial charge in [0.2, 0.25) is 5.91 Å². The first-order valence-electron chi connectivity index (χ1n) is 18.5. The second-order valence-corrected chi connectivity index (χ2v) is 14.3. The molecule has 278 valence electrons. The molecule has 3 heterocycles. The second-order valence-electron chi connectivity index (χ2n) is 14.3. The van der Waals surface area contributed by atoms with Gasteiger partial charge in [0, 0.05) is 48.4 Å². The number of nitrogens with zero attached hydrogens (tertiary/aromatic N) is 5. The smallest absolute Gasteiger partial charge is 0.310 e. The van der Waals surface area contributed by atoms with Gasteiger partial charge in [-0.05, 0) is 68.5 Å². The van der Waals surface area contributed by atoms with E-state index >= 15 is 0 Å². The van der Waals surface area contributed by atoms with Crippen molar-refractivity contribution < 1.29 is 33.3 Å². The van der Waals surface area contributed by atoms with Crippen molar-refractivity contribution in [3.63, 3.8) is 0 Å². The number of aromatic nitrogens is 3. The molecule has 4 aromatic rings. The Morgan fingerprint density at radius 3 is 2.45 bits per heavy atom. The van der Waals surface area contributed by atoms with E-state index in [1.54, 1.807) is 31.0 Å². The molecule has 53 heavy (non-hydrogen) atoms. The zero-order valence-corrected chi connectivity index (χ0v) is 30.8. The Morgan fingerprint density at radius 1 is 0.906 bits per heavy atom. The third-order valence-electron chi connectivity index (χ3n) is 10.8. The molecule has 12 heteroatoms. The van der Waals surface area contributed by atoms with Crippen molar-refractivity contribution in [1.29, 1.82) is 0 Å². The minimum atomic E-state index is -0.588. The highest BCUT2D eigenvalue weighted by Crippen LogP contribution is 2.42. The van der Waals surface area contributed by atoms with Gasteiger partial charge in [0.15, 0.2) is 0 Å². The number of carbonyl (C=O) groups is 3. The molecule has 3 aromatic carbocycles. The summed E-state index contributed by atoms with van der Waals surface area (Å²) in [6.45, 7) is 5.50. The number of methoxy groups -OCH3 is 2. The summed E-state index contributed by atoms with van der Waals surface area (Å²) >= 11 is 0. The monoisotopic (exact) mass is 721 g/mol. The standard InChI is InChI=1S/C41H47N5O7/c1-26(2)46-22-30(42-43-46)25-52-36-15-9-11-27-18-19-45(35(38(27)36)23-44-21-28-10-5-6-12-32(28)39(44)47)40(48)33-13-7-8-14-34(33)41(49)53-24-29-16-17-31(50-3)20-37(29)51-4/h5-6,9-12,15-17,20,22,26,33-35H,7-8,13-14,18-19,21,23-25H2,1-4H3/t33-,34+,35-/m1/s1. The normalized spacial score (nSPS) is 19.5. The average molecular weight is 722 g/mol. The predicted octanol–water partition coefficient (Wildman–Crippen LogP) is 6.09. The second kappa shape index (κ2) is 15.7. The van der Waals surface area contributed by atoms with E-state index in [9.17, 15) is 14.4 Å². The molecule has 2 aliphatic heterocycles. The van der Waals surface area contributed by atoms with Crippen LogP contribution in [0.5, 0.6) is 17.2 Å².